The number of carboxylic acid groups (broad SMARTS) is 1. The van der Waals surface area contributed by atoms with E-state index in [2.05, 4.69) is 0 Å². The van der Waals surface area contributed by atoms with Gasteiger partial charge in [-0.05, 0) is 12.1 Å². The molecular weight excluding hydrogens is 246 g/mol. The lowest BCUT2D eigenvalue weighted by atomic mass is 10.2. The molecule has 1 fully saturated rings. The van der Waals surface area contributed by atoms with Gasteiger partial charge >= 0.3 is 12.1 Å². The Bertz CT molecular complexity index is 463. The van der Waals surface area contributed by atoms with E-state index in [9.17, 15) is 9.59 Å². The fraction of sp³-hybridized carbons (Fsp3) is 0.273. The number of para-hydroxylation sites is 1. The van der Waals surface area contributed by atoms with E-state index in [1.165, 1.54) is 4.90 Å². The molecule has 90 valence electrons. The third kappa shape index (κ3) is 2.34. The van der Waals surface area contributed by atoms with E-state index in [0.717, 1.165) is 0 Å². The topological polar surface area (TPSA) is 66.8 Å². The van der Waals surface area contributed by atoms with E-state index in [0.29, 0.717) is 10.7 Å². The Labute approximate surface area is 103 Å². The third-order valence-electron chi connectivity index (χ3n) is 2.48. The first kappa shape index (κ1) is 11.7. The molecule has 0 aromatic heterocycles. The van der Waals surface area contributed by atoms with Crippen LogP contribution in [0.1, 0.15) is 6.42 Å². The minimum atomic E-state index is -0.981. The van der Waals surface area contributed by atoms with Gasteiger partial charge in [-0.1, -0.05) is 23.7 Å². The molecule has 1 amide bonds. The van der Waals surface area contributed by atoms with Crippen LogP contribution in [0.3, 0.4) is 0 Å². The second kappa shape index (κ2) is 4.63. The largest absolute Gasteiger partial charge is 0.481 e. The first-order valence-corrected chi connectivity index (χ1v) is 5.39. The third-order valence-corrected chi connectivity index (χ3v) is 2.80. The Morgan fingerprint density at radius 1 is 1.53 bits per heavy atom. The molecule has 1 N–H and O–H groups in total. The van der Waals surface area contributed by atoms with Crippen molar-refractivity contribution in [2.45, 2.75) is 12.5 Å². The zero-order chi connectivity index (χ0) is 12.4. The minimum Gasteiger partial charge on any atom is -0.481 e. The molecule has 0 saturated carbocycles. The maximum atomic E-state index is 11.6. The summed E-state index contributed by atoms with van der Waals surface area (Å²) in [6.45, 7) is 0.0658. The van der Waals surface area contributed by atoms with Crippen LogP contribution in [0.15, 0.2) is 24.3 Å². The van der Waals surface area contributed by atoms with Crippen LogP contribution in [0.2, 0.25) is 5.02 Å². The summed E-state index contributed by atoms with van der Waals surface area (Å²) in [4.78, 5) is 23.6. The number of carbonyl (C=O) groups excluding carboxylic acids is 1. The summed E-state index contributed by atoms with van der Waals surface area (Å²) in [5.41, 5.74) is 0.475. The summed E-state index contributed by atoms with van der Waals surface area (Å²) in [5, 5.41) is 9.16. The summed E-state index contributed by atoms with van der Waals surface area (Å²) in [6, 6.07) is 6.24. The number of ether oxygens (including phenoxy) is 1. The fourth-order valence-corrected chi connectivity index (χ4v) is 1.98. The molecule has 6 heteroatoms. The highest BCUT2D eigenvalue weighted by Crippen LogP contribution is 2.31. The Morgan fingerprint density at radius 2 is 2.24 bits per heavy atom. The zero-order valence-electron chi connectivity index (χ0n) is 8.80. The molecule has 1 saturated heterocycles. The van der Waals surface area contributed by atoms with Crippen molar-refractivity contribution in [3.8, 4) is 0 Å². The van der Waals surface area contributed by atoms with Gasteiger partial charge in [0.1, 0.15) is 6.61 Å². The molecule has 2 rings (SSSR count). The highest BCUT2D eigenvalue weighted by molar-refractivity contribution is 6.33. The summed E-state index contributed by atoms with van der Waals surface area (Å²) in [5.74, 6) is -0.981. The molecule has 1 aliphatic heterocycles. The standard InChI is InChI=1S/C11H10ClNO4/c12-8-3-1-2-4-9(8)13-7(5-10(14)15)6-17-11(13)16/h1-4,7H,5-6H2,(H,14,15). The number of aliphatic carboxylic acids is 1. The van der Waals surface area contributed by atoms with Gasteiger partial charge in [0.2, 0.25) is 0 Å². The van der Waals surface area contributed by atoms with Crippen LogP contribution in [0.5, 0.6) is 0 Å². The van der Waals surface area contributed by atoms with E-state index in [4.69, 9.17) is 21.4 Å². The second-order valence-corrected chi connectivity index (χ2v) is 4.06. The smallest absolute Gasteiger partial charge is 0.414 e. The lowest BCUT2D eigenvalue weighted by Gasteiger charge is -2.20. The average molecular weight is 256 g/mol. The van der Waals surface area contributed by atoms with Gasteiger partial charge in [0.25, 0.3) is 0 Å². The first-order chi connectivity index (χ1) is 8.09. The maximum Gasteiger partial charge on any atom is 0.414 e. The Hall–Kier alpha value is -1.75. The molecule has 1 atom stereocenters. The van der Waals surface area contributed by atoms with Crippen LogP contribution in [0, 0.1) is 0 Å². The maximum absolute atomic E-state index is 11.6. The van der Waals surface area contributed by atoms with Crippen LogP contribution >= 0.6 is 11.6 Å². The highest BCUT2D eigenvalue weighted by atomic mass is 35.5. The first-order valence-electron chi connectivity index (χ1n) is 5.02. The van der Waals surface area contributed by atoms with E-state index in [-0.39, 0.29) is 13.0 Å². The van der Waals surface area contributed by atoms with E-state index >= 15 is 0 Å². The number of anilines is 1. The van der Waals surface area contributed by atoms with E-state index in [1.807, 2.05) is 0 Å². The fourth-order valence-electron chi connectivity index (χ4n) is 1.75. The van der Waals surface area contributed by atoms with Crippen molar-refractivity contribution in [3.63, 3.8) is 0 Å². The Kier molecular flexibility index (Phi) is 3.19. The van der Waals surface area contributed by atoms with Crippen LogP contribution in [-0.4, -0.2) is 29.8 Å². The molecule has 5 nitrogen and oxygen atoms in total. The van der Waals surface area contributed by atoms with Crippen molar-refractivity contribution in [3.05, 3.63) is 29.3 Å². The number of nitrogens with zero attached hydrogens (tertiary/aromatic N) is 1. The molecule has 1 aromatic rings. The highest BCUT2D eigenvalue weighted by Gasteiger charge is 2.36. The van der Waals surface area contributed by atoms with Crippen molar-refractivity contribution < 1.29 is 19.4 Å². The zero-order valence-corrected chi connectivity index (χ0v) is 9.55. The molecule has 1 aromatic carbocycles. The van der Waals surface area contributed by atoms with Gasteiger partial charge in [-0.2, -0.15) is 0 Å². The molecule has 1 heterocycles. The molecule has 1 aliphatic rings. The number of benzene rings is 1. The number of cyclic esters (lactones) is 1. The van der Waals surface area contributed by atoms with Crippen LogP contribution in [0.4, 0.5) is 10.5 Å². The average Bonchev–Trinajstić information content (AvgIpc) is 2.60. The monoisotopic (exact) mass is 255 g/mol. The van der Waals surface area contributed by atoms with Gasteiger partial charge in [0, 0.05) is 0 Å². The summed E-state index contributed by atoms with van der Waals surface area (Å²) >= 11 is 5.97. The SMILES string of the molecule is O=C(O)CC1COC(=O)N1c1ccccc1Cl. The normalized spacial score (nSPS) is 19.2. The summed E-state index contributed by atoms with van der Waals surface area (Å²) < 4.78 is 4.85. The summed E-state index contributed by atoms with van der Waals surface area (Å²) in [7, 11) is 0. The molecule has 0 aliphatic carbocycles. The second-order valence-electron chi connectivity index (χ2n) is 3.65. The molecule has 0 bridgehead atoms. The molecule has 17 heavy (non-hydrogen) atoms. The van der Waals surface area contributed by atoms with Gasteiger partial charge in [0.05, 0.1) is 23.2 Å². The van der Waals surface area contributed by atoms with Gasteiger partial charge in [-0.25, -0.2) is 4.79 Å². The van der Waals surface area contributed by atoms with E-state index in [1.54, 1.807) is 24.3 Å². The summed E-state index contributed by atoms with van der Waals surface area (Å²) in [6.07, 6.45) is -0.735. The lowest BCUT2D eigenvalue weighted by molar-refractivity contribution is -0.137. The number of carboxylic acids is 1. The number of hydrogen-bond acceptors (Lipinski definition) is 3. The Balaban J connectivity index is 2.31. The predicted octanol–water partition coefficient (Wildman–Crippen LogP) is 2.14. The molecular formula is C11H10ClNO4. The van der Waals surface area contributed by atoms with Gasteiger partial charge in [-0.3, -0.25) is 9.69 Å². The van der Waals surface area contributed by atoms with Gasteiger partial charge in [-0.15, -0.1) is 0 Å². The number of hydrogen-bond donors (Lipinski definition) is 1. The minimum absolute atomic E-state index is 0.0658. The van der Waals surface area contributed by atoms with Crippen molar-refractivity contribution in [1.29, 1.82) is 0 Å². The van der Waals surface area contributed by atoms with Crippen LogP contribution in [-0.2, 0) is 9.53 Å². The predicted molar refractivity (Wildman–Crippen MR) is 61.3 cm³/mol. The van der Waals surface area contributed by atoms with Crippen LogP contribution < -0.4 is 4.90 Å². The van der Waals surface area contributed by atoms with Gasteiger partial charge < -0.3 is 9.84 Å². The molecule has 0 spiro atoms. The number of halogens is 1. The van der Waals surface area contributed by atoms with Crippen LogP contribution in [0.25, 0.3) is 0 Å². The number of rotatable bonds is 3. The van der Waals surface area contributed by atoms with Crippen molar-refractivity contribution in [1.82, 2.24) is 0 Å². The Morgan fingerprint density at radius 3 is 2.88 bits per heavy atom. The van der Waals surface area contributed by atoms with Crippen molar-refractivity contribution >= 4 is 29.4 Å². The van der Waals surface area contributed by atoms with Gasteiger partial charge in [0.15, 0.2) is 0 Å². The lowest BCUT2D eigenvalue weighted by Crippen LogP contribution is -2.35. The molecule has 0 radical (unpaired) electrons. The van der Waals surface area contributed by atoms with Crippen molar-refractivity contribution in [2.24, 2.45) is 0 Å². The molecule has 1 unspecified atom stereocenters. The van der Waals surface area contributed by atoms with Crippen molar-refractivity contribution in [2.75, 3.05) is 11.5 Å². The number of amides is 1. The quantitative estimate of drug-likeness (QED) is 0.899. The van der Waals surface area contributed by atoms with E-state index < -0.39 is 18.1 Å². The number of carbonyl (C=O) groups is 2.